The first kappa shape index (κ1) is 22.4. The van der Waals surface area contributed by atoms with Crippen molar-refractivity contribution in [3.8, 4) is 5.75 Å². The molecule has 1 heterocycles. The topological polar surface area (TPSA) is 59.1 Å². The number of aromatic nitrogens is 2. The van der Waals surface area contributed by atoms with Crippen LogP contribution in [0.5, 0.6) is 5.75 Å². The minimum absolute atomic E-state index is 0.0472. The molecule has 0 spiro atoms. The largest absolute Gasteiger partial charge is 0.494 e. The third kappa shape index (κ3) is 5.87. The van der Waals surface area contributed by atoms with E-state index in [0.29, 0.717) is 23.7 Å². The summed E-state index contributed by atoms with van der Waals surface area (Å²) in [6.07, 6.45) is -3.82. The third-order valence-corrected chi connectivity index (χ3v) is 4.53. The van der Waals surface area contributed by atoms with Gasteiger partial charge in [0.05, 0.1) is 6.61 Å². The lowest BCUT2D eigenvalue weighted by Gasteiger charge is -2.20. The van der Waals surface area contributed by atoms with Gasteiger partial charge >= 0.3 is 6.18 Å². The Labute approximate surface area is 179 Å². The molecule has 1 aromatic heterocycles. The van der Waals surface area contributed by atoms with Gasteiger partial charge in [-0.05, 0) is 54.3 Å². The number of ether oxygens (including phenoxy) is 1. The molecule has 8 heteroatoms. The van der Waals surface area contributed by atoms with Gasteiger partial charge in [-0.15, -0.1) is 0 Å². The number of alkyl halides is 3. The van der Waals surface area contributed by atoms with E-state index in [1.165, 1.54) is 0 Å². The molecule has 0 atom stereocenters. The zero-order chi connectivity index (χ0) is 22.6. The molecule has 0 unspecified atom stereocenters. The summed E-state index contributed by atoms with van der Waals surface area (Å²) in [5, 5.41) is 5.70. The van der Waals surface area contributed by atoms with Crippen molar-refractivity contribution in [2.24, 2.45) is 0 Å². The highest BCUT2D eigenvalue weighted by Crippen LogP contribution is 2.35. The van der Waals surface area contributed by atoms with E-state index in [2.05, 4.69) is 41.4 Å². The molecule has 0 aliphatic heterocycles. The quantitative estimate of drug-likeness (QED) is 0.457. The van der Waals surface area contributed by atoms with Gasteiger partial charge in [0.2, 0.25) is 5.95 Å². The van der Waals surface area contributed by atoms with Gasteiger partial charge in [0.1, 0.15) is 17.1 Å². The van der Waals surface area contributed by atoms with Crippen LogP contribution in [0.1, 0.15) is 38.8 Å². The molecule has 0 saturated heterocycles. The van der Waals surface area contributed by atoms with Gasteiger partial charge in [0.25, 0.3) is 0 Å². The second kappa shape index (κ2) is 8.83. The van der Waals surface area contributed by atoms with Crippen molar-refractivity contribution >= 4 is 23.1 Å². The number of hydrogen-bond acceptors (Lipinski definition) is 5. The van der Waals surface area contributed by atoms with Crippen LogP contribution in [0.2, 0.25) is 0 Å². The SMILES string of the molecule is CCOc1ccc(Nc2ncc(C(F)(F)F)c(Nc3ccc(C(C)(C)C)cc3)n2)cc1. The van der Waals surface area contributed by atoms with E-state index in [0.717, 1.165) is 11.8 Å². The summed E-state index contributed by atoms with van der Waals surface area (Å²) in [6, 6.07) is 14.2. The first-order valence-electron chi connectivity index (χ1n) is 9.88. The minimum atomic E-state index is -4.59. The highest BCUT2D eigenvalue weighted by Gasteiger charge is 2.35. The van der Waals surface area contributed by atoms with Crippen molar-refractivity contribution in [3.63, 3.8) is 0 Å². The molecule has 3 aromatic rings. The zero-order valence-corrected chi connectivity index (χ0v) is 17.8. The summed E-state index contributed by atoms with van der Waals surface area (Å²) in [5.74, 6) is 0.424. The number of hydrogen-bond donors (Lipinski definition) is 2. The first-order valence-corrected chi connectivity index (χ1v) is 9.88. The number of rotatable bonds is 6. The Morgan fingerprint density at radius 1 is 0.871 bits per heavy atom. The second-order valence-corrected chi connectivity index (χ2v) is 7.99. The number of benzene rings is 2. The summed E-state index contributed by atoms with van der Waals surface area (Å²) in [7, 11) is 0. The molecule has 31 heavy (non-hydrogen) atoms. The van der Waals surface area contributed by atoms with Crippen LogP contribution in [0, 0.1) is 0 Å². The smallest absolute Gasteiger partial charge is 0.421 e. The van der Waals surface area contributed by atoms with Crippen molar-refractivity contribution in [1.29, 1.82) is 0 Å². The zero-order valence-electron chi connectivity index (χ0n) is 17.8. The maximum absolute atomic E-state index is 13.5. The number of nitrogens with one attached hydrogen (secondary N) is 2. The standard InChI is InChI=1S/C23H25F3N4O/c1-5-31-18-12-10-17(11-13-18)29-21-27-14-19(23(24,25)26)20(30-21)28-16-8-6-15(7-9-16)22(2,3)4/h6-14H,5H2,1-4H3,(H2,27,28,29,30). The van der Waals surface area contributed by atoms with E-state index in [1.54, 1.807) is 36.4 Å². The van der Waals surface area contributed by atoms with Crippen LogP contribution in [0.3, 0.4) is 0 Å². The lowest BCUT2D eigenvalue weighted by Crippen LogP contribution is -2.13. The molecule has 0 fully saturated rings. The highest BCUT2D eigenvalue weighted by molar-refractivity contribution is 5.63. The predicted octanol–water partition coefficient (Wildman–Crippen LogP) is 6.68. The fourth-order valence-electron chi connectivity index (χ4n) is 2.87. The normalized spacial score (nSPS) is 11.8. The maximum atomic E-state index is 13.5. The van der Waals surface area contributed by atoms with E-state index in [1.807, 2.05) is 19.1 Å². The van der Waals surface area contributed by atoms with Crippen molar-refractivity contribution in [3.05, 3.63) is 65.9 Å². The van der Waals surface area contributed by atoms with Crippen LogP contribution in [-0.4, -0.2) is 16.6 Å². The molecule has 0 saturated carbocycles. The molecular weight excluding hydrogens is 405 g/mol. The monoisotopic (exact) mass is 430 g/mol. The summed E-state index contributed by atoms with van der Waals surface area (Å²) in [6.45, 7) is 8.63. The molecule has 5 nitrogen and oxygen atoms in total. The van der Waals surface area contributed by atoms with Crippen molar-refractivity contribution in [1.82, 2.24) is 9.97 Å². The molecular formula is C23H25F3N4O. The molecule has 0 aliphatic rings. The maximum Gasteiger partial charge on any atom is 0.421 e. The minimum Gasteiger partial charge on any atom is -0.494 e. The van der Waals surface area contributed by atoms with Crippen LogP contribution in [0.25, 0.3) is 0 Å². The Morgan fingerprint density at radius 3 is 2.00 bits per heavy atom. The fourth-order valence-corrected chi connectivity index (χ4v) is 2.87. The molecule has 2 N–H and O–H groups in total. The average Bonchev–Trinajstić information content (AvgIpc) is 2.69. The Hall–Kier alpha value is -3.29. The first-order chi connectivity index (χ1) is 14.6. The van der Waals surface area contributed by atoms with Gasteiger partial charge in [0, 0.05) is 17.6 Å². The van der Waals surface area contributed by atoms with E-state index >= 15 is 0 Å². The Balaban J connectivity index is 1.86. The number of nitrogens with zero attached hydrogens (tertiary/aromatic N) is 2. The number of anilines is 4. The van der Waals surface area contributed by atoms with Crippen LogP contribution < -0.4 is 15.4 Å². The lowest BCUT2D eigenvalue weighted by atomic mass is 9.87. The van der Waals surface area contributed by atoms with Gasteiger partial charge in [-0.25, -0.2) is 4.98 Å². The van der Waals surface area contributed by atoms with Crippen LogP contribution in [-0.2, 0) is 11.6 Å². The summed E-state index contributed by atoms with van der Waals surface area (Å²) in [5.41, 5.74) is 1.21. The van der Waals surface area contributed by atoms with E-state index in [9.17, 15) is 13.2 Å². The molecule has 164 valence electrons. The molecule has 2 aromatic carbocycles. The predicted molar refractivity (Wildman–Crippen MR) is 116 cm³/mol. The molecule has 3 rings (SSSR count). The van der Waals surface area contributed by atoms with E-state index < -0.39 is 11.7 Å². The summed E-state index contributed by atoms with van der Waals surface area (Å²) < 4.78 is 45.9. The Kier molecular flexibility index (Phi) is 6.38. The third-order valence-electron chi connectivity index (χ3n) is 4.53. The Morgan fingerprint density at radius 2 is 1.45 bits per heavy atom. The van der Waals surface area contributed by atoms with Gasteiger partial charge in [-0.3, -0.25) is 0 Å². The molecule has 0 bridgehead atoms. The van der Waals surface area contributed by atoms with Crippen LogP contribution in [0.15, 0.2) is 54.7 Å². The second-order valence-electron chi connectivity index (χ2n) is 7.99. The van der Waals surface area contributed by atoms with Crippen molar-refractivity contribution in [2.75, 3.05) is 17.2 Å². The van der Waals surface area contributed by atoms with Gasteiger partial charge in [0.15, 0.2) is 0 Å². The fraction of sp³-hybridized carbons (Fsp3) is 0.304. The van der Waals surface area contributed by atoms with Gasteiger partial charge in [-0.1, -0.05) is 32.9 Å². The van der Waals surface area contributed by atoms with E-state index in [4.69, 9.17) is 4.74 Å². The van der Waals surface area contributed by atoms with Crippen LogP contribution >= 0.6 is 0 Å². The average molecular weight is 430 g/mol. The molecule has 0 aliphatic carbocycles. The van der Waals surface area contributed by atoms with Gasteiger partial charge < -0.3 is 15.4 Å². The molecule has 0 amide bonds. The summed E-state index contributed by atoms with van der Waals surface area (Å²) >= 11 is 0. The highest BCUT2D eigenvalue weighted by atomic mass is 19.4. The van der Waals surface area contributed by atoms with Crippen molar-refractivity contribution in [2.45, 2.75) is 39.3 Å². The lowest BCUT2D eigenvalue weighted by molar-refractivity contribution is -0.137. The van der Waals surface area contributed by atoms with Crippen LogP contribution in [0.4, 0.5) is 36.3 Å². The number of halogens is 3. The van der Waals surface area contributed by atoms with Crippen molar-refractivity contribution < 1.29 is 17.9 Å². The molecule has 0 radical (unpaired) electrons. The van der Waals surface area contributed by atoms with Gasteiger partial charge in [-0.2, -0.15) is 18.2 Å². The Bertz CT molecular complexity index is 1010. The van der Waals surface area contributed by atoms with E-state index in [-0.39, 0.29) is 17.2 Å². The summed E-state index contributed by atoms with van der Waals surface area (Å²) in [4.78, 5) is 7.91.